The van der Waals surface area contributed by atoms with Gasteiger partial charge in [0.15, 0.2) is 5.82 Å². The minimum absolute atomic E-state index is 0.364. The second-order valence-corrected chi connectivity index (χ2v) is 6.01. The summed E-state index contributed by atoms with van der Waals surface area (Å²) in [6, 6.07) is 1.87. The Labute approximate surface area is 124 Å². The molecule has 0 radical (unpaired) electrons. The van der Waals surface area contributed by atoms with Gasteiger partial charge in [0.25, 0.3) is 0 Å². The average molecular weight is 302 g/mol. The van der Waals surface area contributed by atoms with E-state index in [9.17, 15) is 0 Å². The molecule has 3 aromatic rings. The highest BCUT2D eigenvalue weighted by atomic mass is 32.1. The first-order valence-corrected chi connectivity index (χ1v) is 7.64. The van der Waals surface area contributed by atoms with Crippen LogP contribution in [-0.2, 0) is 4.74 Å². The molecule has 1 fully saturated rings. The smallest absolute Gasteiger partial charge is 0.234 e. The van der Waals surface area contributed by atoms with Gasteiger partial charge in [-0.2, -0.15) is 9.61 Å². The van der Waals surface area contributed by atoms with E-state index >= 15 is 0 Å². The molecule has 1 saturated heterocycles. The largest absolute Gasteiger partial charge is 0.397 e. The Balaban J connectivity index is 1.75. The van der Waals surface area contributed by atoms with Crippen LogP contribution in [0.4, 0.5) is 5.69 Å². The number of rotatable bonds is 2. The molecule has 0 saturated carbocycles. The van der Waals surface area contributed by atoms with Crippen molar-refractivity contribution >= 4 is 22.0 Å². The highest BCUT2D eigenvalue weighted by molar-refractivity contribution is 7.19. The molecule has 0 spiro atoms. The van der Waals surface area contributed by atoms with Crippen molar-refractivity contribution in [3.05, 3.63) is 24.3 Å². The maximum atomic E-state index is 5.78. The van der Waals surface area contributed by atoms with Crippen molar-refractivity contribution in [3.8, 4) is 10.6 Å². The summed E-state index contributed by atoms with van der Waals surface area (Å²) in [5.74, 6) is 1.29. The van der Waals surface area contributed by atoms with Crippen LogP contribution in [0.15, 0.2) is 18.5 Å². The Morgan fingerprint density at radius 3 is 2.90 bits per heavy atom. The number of hydrogen-bond donors (Lipinski definition) is 1. The zero-order valence-electron chi connectivity index (χ0n) is 11.3. The van der Waals surface area contributed by atoms with Gasteiger partial charge in [-0.05, 0) is 18.9 Å². The van der Waals surface area contributed by atoms with Crippen LogP contribution in [0, 0.1) is 0 Å². The molecule has 4 rings (SSSR count). The van der Waals surface area contributed by atoms with Gasteiger partial charge >= 0.3 is 0 Å². The van der Waals surface area contributed by atoms with E-state index in [1.165, 1.54) is 11.3 Å². The maximum Gasteiger partial charge on any atom is 0.234 e. The van der Waals surface area contributed by atoms with E-state index in [0.717, 1.165) is 47.4 Å². The summed E-state index contributed by atoms with van der Waals surface area (Å²) in [6.45, 7) is 1.55. The van der Waals surface area contributed by atoms with Crippen molar-refractivity contribution in [3.63, 3.8) is 0 Å². The van der Waals surface area contributed by atoms with E-state index in [1.54, 1.807) is 12.4 Å². The van der Waals surface area contributed by atoms with Crippen LogP contribution in [0.1, 0.15) is 24.6 Å². The topological polar surface area (TPSA) is 91.2 Å². The normalized spacial score (nSPS) is 16.6. The molecule has 3 aromatic heterocycles. The lowest BCUT2D eigenvalue weighted by Gasteiger charge is -2.19. The lowest BCUT2D eigenvalue weighted by atomic mass is 10.00. The van der Waals surface area contributed by atoms with Crippen molar-refractivity contribution in [1.29, 1.82) is 0 Å². The molecule has 7 nitrogen and oxygen atoms in total. The first kappa shape index (κ1) is 12.7. The number of ether oxygens (including phenoxy) is 1. The molecule has 8 heteroatoms. The molecular weight excluding hydrogens is 288 g/mol. The molecule has 4 heterocycles. The van der Waals surface area contributed by atoms with Gasteiger partial charge in [-0.1, -0.05) is 11.3 Å². The van der Waals surface area contributed by atoms with Gasteiger partial charge in [-0.15, -0.1) is 10.2 Å². The van der Waals surface area contributed by atoms with Crippen molar-refractivity contribution < 1.29 is 4.74 Å². The van der Waals surface area contributed by atoms with Crippen LogP contribution >= 0.6 is 11.3 Å². The minimum atomic E-state index is 0.364. The average Bonchev–Trinajstić information content (AvgIpc) is 3.08. The summed E-state index contributed by atoms with van der Waals surface area (Å²) in [5, 5.41) is 14.0. The van der Waals surface area contributed by atoms with Crippen LogP contribution in [0.2, 0.25) is 0 Å². The van der Waals surface area contributed by atoms with Gasteiger partial charge in [0.05, 0.1) is 5.69 Å². The van der Waals surface area contributed by atoms with Crippen LogP contribution in [-0.4, -0.2) is 38.0 Å². The van der Waals surface area contributed by atoms with E-state index in [0.29, 0.717) is 11.6 Å². The summed E-state index contributed by atoms with van der Waals surface area (Å²) in [7, 11) is 0. The van der Waals surface area contributed by atoms with Crippen LogP contribution < -0.4 is 5.73 Å². The van der Waals surface area contributed by atoms with Gasteiger partial charge in [0, 0.05) is 37.1 Å². The fourth-order valence-electron chi connectivity index (χ4n) is 2.53. The number of fused-ring (bicyclic) bond motifs is 1. The molecule has 108 valence electrons. The minimum Gasteiger partial charge on any atom is -0.397 e. The highest BCUT2D eigenvalue weighted by Crippen LogP contribution is 2.30. The number of nitrogens with two attached hydrogens (primary N) is 1. The zero-order valence-corrected chi connectivity index (χ0v) is 12.1. The second-order valence-electron chi connectivity index (χ2n) is 5.05. The molecular formula is C13H14N6OS. The first-order chi connectivity index (χ1) is 10.3. The molecule has 0 unspecified atom stereocenters. The fourth-order valence-corrected chi connectivity index (χ4v) is 3.36. The lowest BCUT2D eigenvalue weighted by Crippen LogP contribution is -2.16. The Kier molecular flexibility index (Phi) is 3.04. The molecule has 0 aliphatic carbocycles. The Hall–Kier alpha value is -2.06. The summed E-state index contributed by atoms with van der Waals surface area (Å²) in [5.41, 5.74) is 7.31. The Morgan fingerprint density at radius 2 is 2.10 bits per heavy atom. The molecule has 0 bridgehead atoms. The number of hydrogen-bond acceptors (Lipinski definition) is 7. The summed E-state index contributed by atoms with van der Waals surface area (Å²) in [6.07, 6.45) is 5.31. The van der Waals surface area contributed by atoms with E-state index in [1.807, 2.05) is 10.6 Å². The van der Waals surface area contributed by atoms with Crippen LogP contribution in [0.5, 0.6) is 0 Å². The predicted octanol–water partition coefficient (Wildman–Crippen LogP) is 1.72. The summed E-state index contributed by atoms with van der Waals surface area (Å²) in [4.78, 5) is 4.91. The zero-order chi connectivity index (χ0) is 14.2. The number of nitrogen functional groups attached to an aromatic ring is 1. The molecule has 1 aliphatic rings. The number of aromatic nitrogens is 5. The van der Waals surface area contributed by atoms with Gasteiger partial charge in [-0.3, -0.25) is 4.98 Å². The van der Waals surface area contributed by atoms with Gasteiger partial charge in [0.2, 0.25) is 4.96 Å². The molecule has 0 amide bonds. The predicted molar refractivity (Wildman–Crippen MR) is 79.1 cm³/mol. The number of pyridine rings is 1. The standard InChI is InChI=1S/C13H14N6OS/c14-10-5-9(6-15-7-10)12-18-19-11(16-17-13(19)21-12)8-1-3-20-4-2-8/h5-8H,1-4,14H2. The van der Waals surface area contributed by atoms with Gasteiger partial charge in [-0.25, -0.2) is 0 Å². The first-order valence-electron chi connectivity index (χ1n) is 6.82. The van der Waals surface area contributed by atoms with E-state index in [-0.39, 0.29) is 0 Å². The highest BCUT2D eigenvalue weighted by Gasteiger charge is 2.23. The Morgan fingerprint density at radius 1 is 1.24 bits per heavy atom. The number of nitrogens with zero attached hydrogens (tertiary/aromatic N) is 5. The summed E-state index contributed by atoms with van der Waals surface area (Å²) < 4.78 is 7.25. The third-order valence-electron chi connectivity index (χ3n) is 3.61. The van der Waals surface area contributed by atoms with Gasteiger partial charge < -0.3 is 10.5 Å². The molecule has 21 heavy (non-hydrogen) atoms. The van der Waals surface area contributed by atoms with Crippen molar-refractivity contribution in [2.24, 2.45) is 0 Å². The molecule has 0 atom stereocenters. The SMILES string of the molecule is Nc1cncc(-c2nn3c(C4CCOCC4)nnc3s2)c1. The van der Waals surface area contributed by atoms with Crippen molar-refractivity contribution in [1.82, 2.24) is 24.8 Å². The third-order valence-corrected chi connectivity index (χ3v) is 4.56. The van der Waals surface area contributed by atoms with E-state index in [4.69, 9.17) is 10.5 Å². The molecule has 0 aromatic carbocycles. The lowest BCUT2D eigenvalue weighted by molar-refractivity contribution is 0.0832. The Bertz CT molecular complexity index is 776. The monoisotopic (exact) mass is 302 g/mol. The van der Waals surface area contributed by atoms with Crippen molar-refractivity contribution in [2.75, 3.05) is 18.9 Å². The second kappa shape index (κ2) is 5.05. The fraction of sp³-hybridized carbons (Fsp3) is 0.385. The van der Waals surface area contributed by atoms with E-state index < -0.39 is 0 Å². The maximum absolute atomic E-state index is 5.78. The van der Waals surface area contributed by atoms with Crippen LogP contribution in [0.3, 0.4) is 0 Å². The van der Waals surface area contributed by atoms with E-state index in [2.05, 4.69) is 20.3 Å². The summed E-state index contributed by atoms with van der Waals surface area (Å²) >= 11 is 1.50. The van der Waals surface area contributed by atoms with Gasteiger partial charge in [0.1, 0.15) is 5.01 Å². The molecule has 2 N–H and O–H groups in total. The quantitative estimate of drug-likeness (QED) is 0.775. The van der Waals surface area contributed by atoms with Crippen molar-refractivity contribution in [2.45, 2.75) is 18.8 Å². The third kappa shape index (κ3) is 2.26. The molecule has 1 aliphatic heterocycles. The number of anilines is 1. The van der Waals surface area contributed by atoms with Crippen LogP contribution in [0.25, 0.3) is 15.5 Å².